The van der Waals surface area contributed by atoms with Gasteiger partial charge in [0.25, 0.3) is 0 Å². The second-order valence-electron chi connectivity index (χ2n) is 6.36. The normalized spacial score (nSPS) is 10.8. The van der Waals surface area contributed by atoms with E-state index in [9.17, 15) is 9.59 Å². The molecule has 0 radical (unpaired) electrons. The Bertz CT molecular complexity index is 934. The van der Waals surface area contributed by atoms with Crippen molar-refractivity contribution in [1.29, 1.82) is 0 Å². The Morgan fingerprint density at radius 3 is 2.68 bits per heavy atom. The van der Waals surface area contributed by atoms with Crippen LogP contribution < -0.4 is 5.32 Å². The summed E-state index contributed by atoms with van der Waals surface area (Å²) in [6, 6.07) is 14.6. The van der Waals surface area contributed by atoms with Crippen LogP contribution in [0.2, 0.25) is 0 Å². The summed E-state index contributed by atoms with van der Waals surface area (Å²) in [5, 5.41) is 2.85. The van der Waals surface area contributed by atoms with Crippen LogP contribution in [0.5, 0.6) is 0 Å². The van der Waals surface area contributed by atoms with Crippen molar-refractivity contribution in [2.24, 2.45) is 0 Å². The fourth-order valence-corrected chi connectivity index (χ4v) is 3.76. The molecule has 7 heteroatoms. The summed E-state index contributed by atoms with van der Waals surface area (Å²) in [5.41, 5.74) is 0.944. The molecule has 1 N–H and O–H groups in total. The van der Waals surface area contributed by atoms with E-state index < -0.39 is 5.97 Å². The van der Waals surface area contributed by atoms with E-state index in [1.165, 1.54) is 16.9 Å². The van der Waals surface area contributed by atoms with Gasteiger partial charge in [-0.2, -0.15) is 0 Å². The van der Waals surface area contributed by atoms with Crippen molar-refractivity contribution in [3.8, 4) is 0 Å². The molecule has 0 aliphatic carbocycles. The summed E-state index contributed by atoms with van der Waals surface area (Å²) in [6.45, 7) is 3.43. The van der Waals surface area contributed by atoms with Gasteiger partial charge >= 0.3 is 5.97 Å². The Balaban J connectivity index is 1.67. The number of esters is 1. The highest BCUT2D eigenvalue weighted by molar-refractivity contribution is 7.11. The third-order valence-electron chi connectivity index (χ3n) is 4.07. The van der Waals surface area contributed by atoms with Crippen molar-refractivity contribution in [1.82, 2.24) is 4.90 Å². The molecule has 0 saturated heterocycles. The summed E-state index contributed by atoms with van der Waals surface area (Å²) in [5.74, 6) is 0.194. The molecule has 28 heavy (non-hydrogen) atoms. The molecule has 2 heterocycles. The predicted octanol–water partition coefficient (Wildman–Crippen LogP) is 4.08. The maximum absolute atomic E-state index is 12.6. The minimum absolute atomic E-state index is 0.165. The molecule has 0 fully saturated rings. The number of carbonyl (C=O) groups is 2. The largest absolute Gasteiger partial charge is 0.468 e. The third-order valence-corrected chi connectivity index (χ3v) is 5.06. The van der Waals surface area contributed by atoms with Crippen molar-refractivity contribution < 1.29 is 18.7 Å². The number of nitrogens with zero attached hydrogens (tertiary/aromatic N) is 1. The highest BCUT2D eigenvalue weighted by atomic mass is 32.1. The number of aryl methyl sites for hydroxylation is 1. The van der Waals surface area contributed by atoms with E-state index in [1.54, 1.807) is 41.9 Å². The quantitative estimate of drug-likeness (QED) is 0.579. The van der Waals surface area contributed by atoms with Crippen molar-refractivity contribution in [3.05, 3.63) is 75.9 Å². The first-order valence-electron chi connectivity index (χ1n) is 8.82. The van der Waals surface area contributed by atoms with Crippen molar-refractivity contribution in [3.63, 3.8) is 0 Å². The van der Waals surface area contributed by atoms with Crippen LogP contribution in [0.3, 0.4) is 0 Å². The van der Waals surface area contributed by atoms with Crippen LogP contribution >= 0.6 is 11.3 Å². The zero-order chi connectivity index (χ0) is 19.9. The molecule has 0 bridgehead atoms. The molecule has 3 aromatic rings. The van der Waals surface area contributed by atoms with E-state index in [2.05, 4.69) is 24.4 Å². The number of carbonyl (C=O) groups excluding carboxylic acids is 2. The van der Waals surface area contributed by atoms with Crippen LogP contribution in [0.1, 0.15) is 25.9 Å². The number of hydrogen-bond acceptors (Lipinski definition) is 6. The number of benzene rings is 1. The van der Waals surface area contributed by atoms with E-state index in [0.717, 1.165) is 5.76 Å². The molecule has 2 aromatic heterocycles. The summed E-state index contributed by atoms with van der Waals surface area (Å²) in [4.78, 5) is 28.7. The van der Waals surface area contributed by atoms with Crippen LogP contribution in [0.4, 0.5) is 5.69 Å². The molecule has 0 aliphatic rings. The molecule has 1 amide bonds. The molecular weight excluding hydrogens is 376 g/mol. The van der Waals surface area contributed by atoms with Crippen LogP contribution in [-0.2, 0) is 22.6 Å². The van der Waals surface area contributed by atoms with Gasteiger partial charge < -0.3 is 14.5 Å². The Morgan fingerprint density at radius 1 is 1.14 bits per heavy atom. The Hall–Kier alpha value is -2.90. The summed E-state index contributed by atoms with van der Waals surface area (Å²) >= 11 is 1.71. The number of amides is 1. The minimum atomic E-state index is -0.441. The number of methoxy groups -OCH3 is 1. The van der Waals surface area contributed by atoms with Crippen LogP contribution in [-0.4, -0.2) is 30.4 Å². The maximum Gasteiger partial charge on any atom is 0.337 e. The number of ether oxygens (including phenoxy) is 1. The van der Waals surface area contributed by atoms with E-state index in [0.29, 0.717) is 24.3 Å². The van der Waals surface area contributed by atoms with Gasteiger partial charge in [0.05, 0.1) is 32.0 Å². The maximum atomic E-state index is 12.6. The number of rotatable bonds is 8. The van der Waals surface area contributed by atoms with Crippen molar-refractivity contribution in [2.45, 2.75) is 20.0 Å². The first-order chi connectivity index (χ1) is 13.5. The van der Waals surface area contributed by atoms with Crippen LogP contribution in [0.15, 0.2) is 59.2 Å². The van der Waals surface area contributed by atoms with Crippen molar-refractivity contribution >= 4 is 28.9 Å². The van der Waals surface area contributed by atoms with Gasteiger partial charge in [0, 0.05) is 22.0 Å². The third kappa shape index (κ3) is 5.55. The smallest absolute Gasteiger partial charge is 0.337 e. The Labute approximate surface area is 167 Å². The fraction of sp³-hybridized carbons (Fsp3) is 0.238. The zero-order valence-electron chi connectivity index (χ0n) is 15.8. The topological polar surface area (TPSA) is 71.8 Å². The predicted molar refractivity (Wildman–Crippen MR) is 108 cm³/mol. The molecule has 0 saturated carbocycles. The lowest BCUT2D eigenvalue weighted by molar-refractivity contribution is -0.117. The number of nitrogens with one attached hydrogen (secondary N) is 1. The standard InChI is InChI=1S/C21H22N2O4S/c1-15-8-9-19(28-15)13-23(12-18-7-4-10-27-18)14-20(24)22-17-6-3-5-16(11-17)21(25)26-2/h3-11H,12-14H2,1-2H3,(H,22,24). The Morgan fingerprint density at radius 2 is 2.00 bits per heavy atom. The van der Waals surface area contributed by atoms with Gasteiger partial charge in [-0.3, -0.25) is 9.69 Å². The Kier molecular flexibility index (Phi) is 6.62. The molecule has 0 unspecified atom stereocenters. The molecule has 6 nitrogen and oxygen atoms in total. The van der Waals surface area contributed by atoms with Gasteiger partial charge in [-0.25, -0.2) is 4.79 Å². The molecule has 1 aromatic carbocycles. The summed E-state index contributed by atoms with van der Waals surface area (Å²) < 4.78 is 10.2. The van der Waals surface area contributed by atoms with Crippen LogP contribution in [0, 0.1) is 6.92 Å². The number of thiophene rings is 1. The van der Waals surface area contributed by atoms with Gasteiger partial charge in [-0.05, 0) is 49.4 Å². The number of hydrogen-bond donors (Lipinski definition) is 1. The summed E-state index contributed by atoms with van der Waals surface area (Å²) in [7, 11) is 1.33. The molecule has 146 valence electrons. The first-order valence-corrected chi connectivity index (χ1v) is 9.63. The lowest BCUT2D eigenvalue weighted by atomic mass is 10.2. The van der Waals surface area contributed by atoms with E-state index in [-0.39, 0.29) is 12.5 Å². The van der Waals surface area contributed by atoms with E-state index in [1.807, 2.05) is 17.0 Å². The minimum Gasteiger partial charge on any atom is -0.468 e. The lowest BCUT2D eigenvalue weighted by Crippen LogP contribution is -2.32. The highest BCUT2D eigenvalue weighted by Crippen LogP contribution is 2.19. The first kappa shape index (κ1) is 19.9. The van der Waals surface area contributed by atoms with Crippen LogP contribution in [0.25, 0.3) is 0 Å². The van der Waals surface area contributed by atoms with E-state index >= 15 is 0 Å². The van der Waals surface area contributed by atoms with Crippen molar-refractivity contribution in [2.75, 3.05) is 19.0 Å². The zero-order valence-corrected chi connectivity index (χ0v) is 16.6. The molecule has 0 aliphatic heterocycles. The average molecular weight is 398 g/mol. The average Bonchev–Trinajstić information content (AvgIpc) is 3.32. The number of furan rings is 1. The second-order valence-corrected chi connectivity index (χ2v) is 7.73. The highest BCUT2D eigenvalue weighted by Gasteiger charge is 2.15. The second kappa shape index (κ2) is 9.34. The summed E-state index contributed by atoms with van der Waals surface area (Å²) in [6.07, 6.45) is 1.63. The van der Waals surface area contributed by atoms with Gasteiger partial charge in [0.15, 0.2) is 0 Å². The van der Waals surface area contributed by atoms with Gasteiger partial charge in [0.2, 0.25) is 5.91 Å². The number of anilines is 1. The van der Waals surface area contributed by atoms with Gasteiger partial charge in [-0.15, -0.1) is 11.3 Å². The lowest BCUT2D eigenvalue weighted by Gasteiger charge is -2.20. The molecule has 0 spiro atoms. The fourth-order valence-electron chi connectivity index (χ4n) is 2.83. The molecular formula is C21H22N2O4S. The monoisotopic (exact) mass is 398 g/mol. The SMILES string of the molecule is COC(=O)c1cccc(NC(=O)CN(Cc2ccco2)Cc2ccc(C)s2)c1. The van der Waals surface area contributed by atoms with E-state index in [4.69, 9.17) is 9.15 Å². The molecule has 3 rings (SSSR count). The van der Waals surface area contributed by atoms with Gasteiger partial charge in [0.1, 0.15) is 5.76 Å². The van der Waals surface area contributed by atoms with Gasteiger partial charge in [-0.1, -0.05) is 6.07 Å². The molecule has 0 atom stereocenters.